The van der Waals surface area contributed by atoms with E-state index in [1.165, 1.54) is 30.9 Å². The molecule has 0 aromatic heterocycles. The SMILES string of the molecule is CNC(CCC(C)C)C1CSCCN1C. The van der Waals surface area contributed by atoms with Gasteiger partial charge in [0.1, 0.15) is 0 Å². The molecule has 1 aliphatic heterocycles. The molecule has 0 aromatic carbocycles. The van der Waals surface area contributed by atoms with E-state index in [9.17, 15) is 0 Å². The predicted octanol–water partition coefficient (Wildman–Crippen LogP) is 2.06. The second kappa shape index (κ2) is 6.77. The zero-order valence-corrected chi connectivity index (χ0v) is 11.4. The average molecular weight is 230 g/mol. The Morgan fingerprint density at radius 2 is 2.13 bits per heavy atom. The van der Waals surface area contributed by atoms with Crippen LogP contribution in [0.25, 0.3) is 0 Å². The van der Waals surface area contributed by atoms with Gasteiger partial charge in [-0.3, -0.25) is 0 Å². The fraction of sp³-hybridized carbons (Fsp3) is 1.00. The largest absolute Gasteiger partial charge is 0.315 e. The van der Waals surface area contributed by atoms with Crippen molar-refractivity contribution in [1.29, 1.82) is 0 Å². The Morgan fingerprint density at radius 1 is 1.40 bits per heavy atom. The minimum Gasteiger partial charge on any atom is -0.315 e. The first-order valence-corrected chi connectivity index (χ1v) is 7.26. The second-order valence-corrected chi connectivity index (χ2v) is 6.14. The Hall–Kier alpha value is 0.270. The lowest BCUT2D eigenvalue weighted by atomic mass is 9.98. The van der Waals surface area contributed by atoms with Crippen molar-refractivity contribution in [2.24, 2.45) is 5.92 Å². The zero-order chi connectivity index (χ0) is 11.3. The molecule has 0 amide bonds. The van der Waals surface area contributed by atoms with E-state index in [1.54, 1.807) is 0 Å². The van der Waals surface area contributed by atoms with Crippen molar-refractivity contribution in [3.63, 3.8) is 0 Å². The van der Waals surface area contributed by atoms with Gasteiger partial charge in [0, 0.05) is 30.1 Å². The number of rotatable bonds is 5. The Morgan fingerprint density at radius 3 is 2.67 bits per heavy atom. The number of hydrogen-bond donors (Lipinski definition) is 1. The molecule has 1 fully saturated rings. The molecule has 0 spiro atoms. The van der Waals surface area contributed by atoms with Crippen LogP contribution in [0.15, 0.2) is 0 Å². The Bertz CT molecular complexity index is 173. The molecule has 15 heavy (non-hydrogen) atoms. The molecule has 90 valence electrons. The number of nitrogens with one attached hydrogen (secondary N) is 1. The van der Waals surface area contributed by atoms with Crippen LogP contribution in [-0.4, -0.2) is 49.1 Å². The molecule has 2 nitrogen and oxygen atoms in total. The van der Waals surface area contributed by atoms with Gasteiger partial charge < -0.3 is 10.2 Å². The summed E-state index contributed by atoms with van der Waals surface area (Å²) in [6.07, 6.45) is 2.64. The molecule has 1 heterocycles. The third-order valence-corrected chi connectivity index (χ3v) is 4.38. The van der Waals surface area contributed by atoms with Crippen LogP contribution < -0.4 is 5.32 Å². The topological polar surface area (TPSA) is 15.3 Å². The number of likely N-dealkylation sites (N-methyl/N-ethyl adjacent to an activating group) is 2. The van der Waals surface area contributed by atoms with Crippen molar-refractivity contribution in [2.75, 3.05) is 32.1 Å². The third kappa shape index (κ3) is 4.33. The van der Waals surface area contributed by atoms with Crippen LogP contribution in [0.4, 0.5) is 0 Å². The van der Waals surface area contributed by atoms with Gasteiger partial charge in [-0.1, -0.05) is 13.8 Å². The molecule has 1 saturated heterocycles. The lowest BCUT2D eigenvalue weighted by Gasteiger charge is -2.38. The average Bonchev–Trinajstić information content (AvgIpc) is 2.21. The van der Waals surface area contributed by atoms with Gasteiger partial charge in [0.05, 0.1) is 0 Å². The summed E-state index contributed by atoms with van der Waals surface area (Å²) in [5, 5.41) is 3.50. The molecule has 1 N–H and O–H groups in total. The fourth-order valence-electron chi connectivity index (χ4n) is 2.17. The molecule has 0 aliphatic carbocycles. The summed E-state index contributed by atoms with van der Waals surface area (Å²) in [5.74, 6) is 3.41. The maximum atomic E-state index is 3.50. The summed E-state index contributed by atoms with van der Waals surface area (Å²) in [4.78, 5) is 2.53. The van der Waals surface area contributed by atoms with Crippen LogP contribution in [0.5, 0.6) is 0 Å². The standard InChI is InChI=1S/C12H26N2S/c1-10(2)5-6-11(13-3)12-9-15-8-7-14(12)4/h10-13H,5-9H2,1-4H3. The highest BCUT2D eigenvalue weighted by Crippen LogP contribution is 2.20. The summed E-state index contributed by atoms with van der Waals surface area (Å²) in [6, 6.07) is 1.40. The van der Waals surface area contributed by atoms with E-state index in [0.29, 0.717) is 6.04 Å². The van der Waals surface area contributed by atoms with Gasteiger partial charge in [-0.2, -0.15) is 11.8 Å². The molecule has 1 aliphatic rings. The Labute approximate surface area is 99.2 Å². The molecule has 2 unspecified atom stereocenters. The van der Waals surface area contributed by atoms with Crippen LogP contribution in [-0.2, 0) is 0 Å². The highest BCUT2D eigenvalue weighted by molar-refractivity contribution is 7.99. The maximum Gasteiger partial charge on any atom is 0.0337 e. The molecule has 0 radical (unpaired) electrons. The Balaban J connectivity index is 2.41. The van der Waals surface area contributed by atoms with Crippen LogP contribution >= 0.6 is 11.8 Å². The van der Waals surface area contributed by atoms with Gasteiger partial charge in [0.2, 0.25) is 0 Å². The molecule has 1 rings (SSSR count). The molecular weight excluding hydrogens is 204 g/mol. The summed E-state index contributed by atoms with van der Waals surface area (Å²) < 4.78 is 0. The molecule has 0 bridgehead atoms. The molecular formula is C12H26N2S. The van der Waals surface area contributed by atoms with Gasteiger partial charge in [0.15, 0.2) is 0 Å². The quantitative estimate of drug-likeness (QED) is 0.778. The van der Waals surface area contributed by atoms with Crippen molar-refractivity contribution >= 4 is 11.8 Å². The molecule has 2 atom stereocenters. The normalized spacial score (nSPS) is 25.8. The highest BCUT2D eigenvalue weighted by atomic mass is 32.2. The van der Waals surface area contributed by atoms with Crippen molar-refractivity contribution in [2.45, 2.75) is 38.8 Å². The van der Waals surface area contributed by atoms with E-state index in [-0.39, 0.29) is 0 Å². The van der Waals surface area contributed by atoms with Crippen LogP contribution in [0.1, 0.15) is 26.7 Å². The predicted molar refractivity (Wildman–Crippen MR) is 70.7 cm³/mol. The molecule has 3 heteroatoms. The van der Waals surface area contributed by atoms with E-state index in [2.05, 4.69) is 49.9 Å². The summed E-state index contributed by atoms with van der Waals surface area (Å²) in [6.45, 7) is 5.87. The first-order valence-electron chi connectivity index (χ1n) is 6.10. The minimum atomic E-state index is 0.671. The smallest absolute Gasteiger partial charge is 0.0337 e. The van der Waals surface area contributed by atoms with Gasteiger partial charge in [-0.25, -0.2) is 0 Å². The first-order chi connectivity index (χ1) is 7.15. The van der Waals surface area contributed by atoms with E-state index in [1.807, 2.05) is 0 Å². The molecule has 0 saturated carbocycles. The summed E-state index contributed by atoms with van der Waals surface area (Å²) >= 11 is 2.10. The van der Waals surface area contributed by atoms with Crippen molar-refractivity contribution in [3.8, 4) is 0 Å². The third-order valence-electron chi connectivity index (χ3n) is 3.33. The fourth-order valence-corrected chi connectivity index (χ4v) is 3.48. The number of thioether (sulfide) groups is 1. The maximum absolute atomic E-state index is 3.50. The van der Waals surface area contributed by atoms with Crippen LogP contribution in [0.2, 0.25) is 0 Å². The zero-order valence-electron chi connectivity index (χ0n) is 10.6. The van der Waals surface area contributed by atoms with Gasteiger partial charge in [-0.15, -0.1) is 0 Å². The Kier molecular flexibility index (Phi) is 6.02. The van der Waals surface area contributed by atoms with Gasteiger partial charge in [-0.05, 0) is 32.9 Å². The number of nitrogens with zero attached hydrogens (tertiary/aromatic N) is 1. The van der Waals surface area contributed by atoms with E-state index < -0.39 is 0 Å². The second-order valence-electron chi connectivity index (χ2n) is 4.99. The van der Waals surface area contributed by atoms with Gasteiger partial charge in [0.25, 0.3) is 0 Å². The lowest BCUT2D eigenvalue weighted by molar-refractivity contribution is 0.208. The van der Waals surface area contributed by atoms with E-state index in [4.69, 9.17) is 0 Å². The monoisotopic (exact) mass is 230 g/mol. The van der Waals surface area contributed by atoms with Crippen molar-refractivity contribution in [1.82, 2.24) is 10.2 Å². The molecule has 0 aromatic rings. The minimum absolute atomic E-state index is 0.671. The van der Waals surface area contributed by atoms with E-state index in [0.717, 1.165) is 12.0 Å². The van der Waals surface area contributed by atoms with Crippen molar-refractivity contribution in [3.05, 3.63) is 0 Å². The highest BCUT2D eigenvalue weighted by Gasteiger charge is 2.26. The summed E-state index contributed by atoms with van der Waals surface area (Å²) in [7, 11) is 4.38. The summed E-state index contributed by atoms with van der Waals surface area (Å²) in [5.41, 5.74) is 0. The number of hydrogen-bond acceptors (Lipinski definition) is 3. The van der Waals surface area contributed by atoms with Crippen LogP contribution in [0, 0.1) is 5.92 Å². The van der Waals surface area contributed by atoms with E-state index >= 15 is 0 Å². The van der Waals surface area contributed by atoms with Crippen LogP contribution in [0.3, 0.4) is 0 Å². The first kappa shape index (κ1) is 13.3. The lowest BCUT2D eigenvalue weighted by Crippen LogP contribution is -2.51. The van der Waals surface area contributed by atoms with Gasteiger partial charge >= 0.3 is 0 Å². The van der Waals surface area contributed by atoms with Crippen molar-refractivity contribution < 1.29 is 0 Å².